The average Bonchev–Trinajstić information content (AvgIpc) is 1.95. The topological polar surface area (TPSA) is 25.8 Å². The first-order chi connectivity index (χ1) is 5.24. The van der Waals surface area contributed by atoms with Crippen molar-refractivity contribution in [1.29, 1.82) is 0 Å². The van der Waals surface area contributed by atoms with Gasteiger partial charge < -0.3 is 0 Å². The van der Waals surface area contributed by atoms with Gasteiger partial charge in [0.1, 0.15) is 5.15 Å². The van der Waals surface area contributed by atoms with Crippen LogP contribution >= 0.6 is 23.2 Å². The van der Waals surface area contributed by atoms with Gasteiger partial charge in [0.25, 0.3) is 0 Å². The summed E-state index contributed by atoms with van der Waals surface area (Å²) in [6.07, 6.45) is 1.41. The number of hydrogen-bond donors (Lipinski definition) is 0. The Morgan fingerprint density at radius 2 is 2.18 bits per heavy atom. The van der Waals surface area contributed by atoms with Gasteiger partial charge in [-0.3, -0.25) is 0 Å². The zero-order valence-corrected chi connectivity index (χ0v) is 7.24. The Bertz CT molecular complexity index is 325. The van der Waals surface area contributed by atoms with E-state index in [9.17, 15) is 0 Å². The molecule has 56 valence electrons. The first kappa shape index (κ1) is 8.32. The summed E-state index contributed by atoms with van der Waals surface area (Å²) in [5, 5.41) is 0.517. The minimum absolute atomic E-state index is 0.242. The fraction of sp³-hybridized carbons (Fsp3) is 0.143. The van der Waals surface area contributed by atoms with Crippen LogP contribution in [0, 0.1) is 11.8 Å². The zero-order valence-electron chi connectivity index (χ0n) is 5.73. The third-order valence-electron chi connectivity index (χ3n) is 0.944. The quantitative estimate of drug-likeness (QED) is 0.581. The zero-order chi connectivity index (χ0) is 8.27. The number of hydrogen-bond acceptors (Lipinski definition) is 2. The molecule has 1 aromatic heterocycles. The van der Waals surface area contributed by atoms with Crippen molar-refractivity contribution in [2.45, 2.75) is 6.92 Å². The van der Waals surface area contributed by atoms with Crippen LogP contribution in [-0.4, -0.2) is 9.97 Å². The highest BCUT2D eigenvalue weighted by Gasteiger charge is 1.99. The fourth-order valence-electron chi connectivity index (χ4n) is 0.549. The number of halogens is 2. The predicted molar refractivity (Wildman–Crippen MR) is 44.6 cm³/mol. The average molecular weight is 187 g/mol. The van der Waals surface area contributed by atoms with Crippen molar-refractivity contribution in [3.63, 3.8) is 0 Å². The van der Waals surface area contributed by atoms with Gasteiger partial charge in [0.15, 0.2) is 10.8 Å². The molecule has 0 aliphatic rings. The van der Waals surface area contributed by atoms with Crippen LogP contribution in [0.5, 0.6) is 0 Å². The third-order valence-corrected chi connectivity index (χ3v) is 1.39. The molecular weight excluding hydrogens is 183 g/mol. The van der Waals surface area contributed by atoms with E-state index in [-0.39, 0.29) is 10.3 Å². The summed E-state index contributed by atoms with van der Waals surface area (Å²) in [6, 6.07) is 0. The van der Waals surface area contributed by atoms with Crippen molar-refractivity contribution in [2.75, 3.05) is 0 Å². The SMILES string of the molecule is CC#Cc1ncc(Cl)nc1Cl. The minimum Gasteiger partial charge on any atom is -0.241 e. The van der Waals surface area contributed by atoms with E-state index in [2.05, 4.69) is 21.8 Å². The second-order valence-electron chi connectivity index (χ2n) is 1.71. The van der Waals surface area contributed by atoms with E-state index < -0.39 is 0 Å². The Balaban J connectivity index is 3.16. The largest absolute Gasteiger partial charge is 0.241 e. The summed E-state index contributed by atoms with van der Waals surface area (Å²) < 4.78 is 0. The van der Waals surface area contributed by atoms with Gasteiger partial charge in [-0.25, -0.2) is 9.97 Å². The van der Waals surface area contributed by atoms with E-state index in [1.165, 1.54) is 6.20 Å². The highest BCUT2D eigenvalue weighted by molar-refractivity contribution is 6.32. The maximum atomic E-state index is 5.65. The van der Waals surface area contributed by atoms with Crippen LogP contribution < -0.4 is 0 Å². The molecule has 1 heterocycles. The second kappa shape index (κ2) is 3.56. The van der Waals surface area contributed by atoms with Crippen LogP contribution in [0.1, 0.15) is 12.6 Å². The van der Waals surface area contributed by atoms with Crippen LogP contribution in [-0.2, 0) is 0 Å². The van der Waals surface area contributed by atoms with E-state index in [0.717, 1.165) is 0 Å². The molecule has 0 aliphatic heterocycles. The van der Waals surface area contributed by atoms with E-state index in [1.54, 1.807) is 6.92 Å². The van der Waals surface area contributed by atoms with Gasteiger partial charge in [-0.2, -0.15) is 0 Å². The van der Waals surface area contributed by atoms with Gasteiger partial charge in [-0.1, -0.05) is 29.1 Å². The molecule has 1 rings (SSSR count). The maximum absolute atomic E-state index is 5.65. The summed E-state index contributed by atoms with van der Waals surface area (Å²) in [7, 11) is 0. The fourth-order valence-corrected chi connectivity index (χ4v) is 0.913. The van der Waals surface area contributed by atoms with Crippen LogP contribution in [0.25, 0.3) is 0 Å². The van der Waals surface area contributed by atoms with Crippen molar-refractivity contribution in [3.8, 4) is 11.8 Å². The highest BCUT2D eigenvalue weighted by Crippen LogP contribution is 2.11. The summed E-state index contributed by atoms with van der Waals surface area (Å²) in [5.41, 5.74) is 0.457. The van der Waals surface area contributed by atoms with Gasteiger partial charge in [0, 0.05) is 0 Å². The van der Waals surface area contributed by atoms with Crippen LogP contribution in [0.15, 0.2) is 6.20 Å². The number of rotatable bonds is 0. The lowest BCUT2D eigenvalue weighted by atomic mass is 10.4. The molecular formula is C7H4Cl2N2. The number of nitrogens with zero attached hydrogens (tertiary/aromatic N) is 2. The van der Waals surface area contributed by atoms with Gasteiger partial charge in [-0.15, -0.1) is 0 Å². The Kier molecular flexibility index (Phi) is 2.70. The molecule has 0 amide bonds. The smallest absolute Gasteiger partial charge is 0.165 e. The highest BCUT2D eigenvalue weighted by atomic mass is 35.5. The van der Waals surface area contributed by atoms with E-state index in [4.69, 9.17) is 23.2 Å². The first-order valence-corrected chi connectivity index (χ1v) is 3.60. The maximum Gasteiger partial charge on any atom is 0.165 e. The molecule has 0 unspecified atom stereocenters. The second-order valence-corrected chi connectivity index (χ2v) is 2.45. The van der Waals surface area contributed by atoms with Crippen molar-refractivity contribution >= 4 is 23.2 Å². The Morgan fingerprint density at radius 1 is 1.45 bits per heavy atom. The minimum atomic E-state index is 0.242. The van der Waals surface area contributed by atoms with Crippen molar-refractivity contribution in [3.05, 3.63) is 22.2 Å². The molecule has 0 spiro atoms. The van der Waals surface area contributed by atoms with E-state index >= 15 is 0 Å². The van der Waals surface area contributed by atoms with Gasteiger partial charge >= 0.3 is 0 Å². The predicted octanol–water partition coefficient (Wildman–Crippen LogP) is 2.15. The standard InChI is InChI=1S/C7H4Cl2N2/c1-2-3-5-7(9)11-6(8)4-10-5/h4H,1H3. The molecule has 0 atom stereocenters. The summed E-state index contributed by atoms with van der Waals surface area (Å²) in [6.45, 7) is 1.70. The molecule has 0 saturated carbocycles. The molecule has 0 aliphatic carbocycles. The molecule has 1 aromatic rings. The van der Waals surface area contributed by atoms with Crippen molar-refractivity contribution in [2.24, 2.45) is 0 Å². The Morgan fingerprint density at radius 3 is 2.73 bits per heavy atom. The van der Waals surface area contributed by atoms with E-state index in [0.29, 0.717) is 5.69 Å². The van der Waals surface area contributed by atoms with E-state index in [1.807, 2.05) is 0 Å². The first-order valence-electron chi connectivity index (χ1n) is 2.85. The molecule has 0 bridgehead atoms. The van der Waals surface area contributed by atoms with Gasteiger partial charge in [0.05, 0.1) is 6.20 Å². The molecule has 4 heteroatoms. The molecule has 0 aromatic carbocycles. The lowest BCUT2D eigenvalue weighted by Gasteiger charge is -1.92. The van der Waals surface area contributed by atoms with Gasteiger partial charge in [-0.05, 0) is 12.8 Å². The Labute approximate surface area is 74.6 Å². The van der Waals surface area contributed by atoms with Crippen molar-refractivity contribution in [1.82, 2.24) is 9.97 Å². The summed E-state index contributed by atoms with van der Waals surface area (Å²) >= 11 is 11.2. The normalized spacial score (nSPS) is 8.64. The van der Waals surface area contributed by atoms with Gasteiger partial charge in [0.2, 0.25) is 0 Å². The van der Waals surface area contributed by atoms with Crippen LogP contribution in [0.2, 0.25) is 10.3 Å². The lowest BCUT2D eigenvalue weighted by molar-refractivity contribution is 1.17. The van der Waals surface area contributed by atoms with Crippen LogP contribution in [0.3, 0.4) is 0 Å². The molecule has 0 fully saturated rings. The number of aromatic nitrogens is 2. The summed E-state index contributed by atoms with van der Waals surface area (Å²) in [5.74, 6) is 5.35. The molecule has 0 saturated heterocycles. The monoisotopic (exact) mass is 186 g/mol. The summed E-state index contributed by atoms with van der Waals surface area (Å²) in [4.78, 5) is 7.63. The van der Waals surface area contributed by atoms with Crippen LogP contribution in [0.4, 0.5) is 0 Å². The van der Waals surface area contributed by atoms with Crippen molar-refractivity contribution < 1.29 is 0 Å². The molecule has 0 radical (unpaired) electrons. The Hall–Kier alpha value is -0.780. The molecule has 0 N–H and O–H groups in total. The molecule has 11 heavy (non-hydrogen) atoms. The lowest BCUT2D eigenvalue weighted by Crippen LogP contribution is -1.87. The molecule has 2 nitrogen and oxygen atoms in total. The third kappa shape index (κ3) is 2.07.